The van der Waals surface area contributed by atoms with Crippen molar-refractivity contribution in [1.82, 2.24) is 15.0 Å². The molecule has 1 aliphatic rings. The fourth-order valence-corrected chi connectivity index (χ4v) is 6.77. The standard InChI is InChI=1S/C34H29N2O.C13H12N.Ir/c1-34(2)15-12-22(13-16-34)26-10-11-30(36-21-26)25-14-17-35-31(19-25)28-9-5-8-27-29-18-23-6-3-4-7-24(23)20-32(29)37-33(27)28;1-10-3-6-12(7-4-10)13-8-5-11(2)9-14-13;/h3-8,10-11,14,17-22H,12-13,15-16H2,1-2H3;3-6,8-9H,1-2H3;/q2*-1;/i22D;1D3,2D3;. The molecule has 261 valence electrons. The summed E-state index contributed by atoms with van der Waals surface area (Å²) in [6, 6.07) is 38.6. The second kappa shape index (κ2) is 14.9. The SMILES string of the molecule is [2H]C([2H])([2H])c1c[c-]c(-c2ccc(C([2H])([2H])[2H])cn2)cc1.[2H]C1(c2ccc(-c3ccnc(-c4[c-]ccc5c4oc4cc6ccccc6cc45)c3)nc2)CCC(C)(C)CC1.[Ir]. The summed E-state index contributed by atoms with van der Waals surface area (Å²) < 4.78 is 59.1. The van der Waals surface area contributed by atoms with E-state index in [1.807, 2.05) is 36.7 Å². The van der Waals surface area contributed by atoms with E-state index in [1.165, 1.54) is 29.8 Å². The van der Waals surface area contributed by atoms with Crippen molar-refractivity contribution in [3.8, 4) is 33.8 Å². The van der Waals surface area contributed by atoms with E-state index in [4.69, 9.17) is 19.0 Å². The average molecular weight is 863 g/mol. The summed E-state index contributed by atoms with van der Waals surface area (Å²) in [5.74, 6) is -0.541. The predicted octanol–water partition coefficient (Wildman–Crippen LogP) is 12.5. The van der Waals surface area contributed by atoms with Crippen molar-refractivity contribution < 1.29 is 34.1 Å². The van der Waals surface area contributed by atoms with Crippen LogP contribution in [0.1, 0.15) is 71.7 Å². The van der Waals surface area contributed by atoms with Gasteiger partial charge in [0.1, 0.15) is 5.58 Å². The number of furan rings is 1. The van der Waals surface area contributed by atoms with Crippen molar-refractivity contribution in [2.24, 2.45) is 5.41 Å². The van der Waals surface area contributed by atoms with Crippen molar-refractivity contribution in [2.75, 3.05) is 0 Å². The third-order valence-corrected chi connectivity index (χ3v) is 9.84. The maximum Gasteiger partial charge on any atom is 0.121 e. The van der Waals surface area contributed by atoms with Gasteiger partial charge in [0.2, 0.25) is 0 Å². The van der Waals surface area contributed by atoms with Gasteiger partial charge in [-0.05, 0) is 107 Å². The Labute approximate surface area is 329 Å². The summed E-state index contributed by atoms with van der Waals surface area (Å²) >= 11 is 0. The quantitative estimate of drug-likeness (QED) is 0.165. The zero-order valence-corrected chi connectivity index (χ0v) is 31.4. The molecule has 5 heteroatoms. The summed E-state index contributed by atoms with van der Waals surface area (Å²) in [5, 5.41) is 4.51. The molecule has 4 aromatic heterocycles. The van der Waals surface area contributed by atoms with Gasteiger partial charge in [-0.15, -0.1) is 53.6 Å². The molecule has 1 aliphatic carbocycles. The van der Waals surface area contributed by atoms with Crippen LogP contribution >= 0.6 is 0 Å². The molecule has 0 amide bonds. The smallest absolute Gasteiger partial charge is 0.121 e. The van der Waals surface area contributed by atoms with Crippen LogP contribution < -0.4 is 0 Å². The minimum Gasteiger partial charge on any atom is -0.501 e. The van der Waals surface area contributed by atoms with Crippen LogP contribution in [0.25, 0.3) is 66.5 Å². The molecule has 0 bridgehead atoms. The number of rotatable bonds is 4. The molecule has 0 atom stereocenters. The first-order valence-electron chi connectivity index (χ1n) is 20.7. The summed E-state index contributed by atoms with van der Waals surface area (Å²) in [7, 11) is 0. The molecule has 4 heterocycles. The van der Waals surface area contributed by atoms with Gasteiger partial charge in [-0.2, -0.15) is 0 Å². The van der Waals surface area contributed by atoms with E-state index in [0.29, 0.717) is 16.7 Å². The van der Waals surface area contributed by atoms with Gasteiger partial charge < -0.3 is 14.4 Å². The molecule has 4 aromatic carbocycles. The fraction of sp³-hybridized carbons (Fsp3) is 0.213. The van der Waals surface area contributed by atoms with E-state index in [1.54, 1.807) is 12.1 Å². The Morgan fingerprint density at radius 2 is 1.52 bits per heavy atom. The minimum atomic E-state index is -2.18. The largest absolute Gasteiger partial charge is 0.501 e. The van der Waals surface area contributed by atoms with Crippen LogP contribution in [0.3, 0.4) is 0 Å². The molecule has 52 heavy (non-hydrogen) atoms. The molecule has 8 aromatic rings. The number of nitrogens with zero attached hydrogens (tertiary/aromatic N) is 3. The Morgan fingerprint density at radius 1 is 0.750 bits per heavy atom. The molecule has 1 radical (unpaired) electrons. The van der Waals surface area contributed by atoms with Crippen LogP contribution in [0, 0.1) is 31.3 Å². The van der Waals surface area contributed by atoms with Crippen LogP contribution in [0.4, 0.5) is 0 Å². The number of benzene rings is 4. The molecule has 0 aliphatic heterocycles. The summed E-state index contributed by atoms with van der Waals surface area (Å²) in [6.07, 6.45) is 8.93. The first kappa shape index (κ1) is 27.7. The number of aromatic nitrogens is 3. The zero-order chi connectivity index (χ0) is 40.9. The van der Waals surface area contributed by atoms with Crippen molar-refractivity contribution in [3.05, 3.63) is 151 Å². The summed E-state index contributed by atoms with van der Waals surface area (Å²) in [6.45, 7) is 0.272. The van der Waals surface area contributed by atoms with Gasteiger partial charge >= 0.3 is 0 Å². The molecule has 0 spiro atoms. The predicted molar refractivity (Wildman–Crippen MR) is 209 cm³/mol. The number of hydrogen-bond acceptors (Lipinski definition) is 4. The monoisotopic (exact) mass is 863 g/mol. The van der Waals surface area contributed by atoms with E-state index in [0.717, 1.165) is 81.1 Å². The Morgan fingerprint density at radius 3 is 2.23 bits per heavy atom. The van der Waals surface area contributed by atoms with Crippen molar-refractivity contribution in [3.63, 3.8) is 0 Å². The van der Waals surface area contributed by atoms with Gasteiger partial charge in [0, 0.05) is 53.7 Å². The van der Waals surface area contributed by atoms with Crippen molar-refractivity contribution in [2.45, 2.75) is 59.1 Å². The van der Waals surface area contributed by atoms with E-state index in [9.17, 15) is 0 Å². The molecule has 4 nitrogen and oxygen atoms in total. The summed E-state index contributed by atoms with van der Waals surface area (Å²) in [4.78, 5) is 13.5. The Bertz CT molecular complexity index is 2680. The fourth-order valence-electron chi connectivity index (χ4n) is 6.77. The number of hydrogen-bond donors (Lipinski definition) is 0. The Hall–Kier alpha value is -4.96. The van der Waals surface area contributed by atoms with Crippen LogP contribution in [0.5, 0.6) is 0 Å². The first-order chi connectivity index (χ1) is 27.6. The number of aryl methyl sites for hydroxylation is 2. The van der Waals surface area contributed by atoms with Gasteiger partial charge in [0.15, 0.2) is 0 Å². The van der Waals surface area contributed by atoms with Gasteiger partial charge in [0.05, 0.1) is 11.3 Å². The van der Waals surface area contributed by atoms with Gasteiger partial charge in [-0.25, -0.2) is 0 Å². The number of fused-ring (bicyclic) bond motifs is 4. The molecule has 1 fully saturated rings. The molecule has 0 unspecified atom stereocenters. The molecule has 0 saturated heterocycles. The minimum absolute atomic E-state index is 0. The molecule has 1 saturated carbocycles. The second-order valence-corrected chi connectivity index (χ2v) is 13.9. The van der Waals surface area contributed by atoms with Crippen LogP contribution in [-0.2, 0) is 20.1 Å². The van der Waals surface area contributed by atoms with Gasteiger partial charge in [-0.1, -0.05) is 80.2 Å². The molecule has 9 rings (SSSR count). The van der Waals surface area contributed by atoms with Crippen LogP contribution in [0.2, 0.25) is 0 Å². The van der Waals surface area contributed by atoms with Crippen molar-refractivity contribution >= 4 is 32.7 Å². The third-order valence-electron chi connectivity index (χ3n) is 9.84. The van der Waals surface area contributed by atoms with Crippen molar-refractivity contribution in [1.29, 1.82) is 0 Å². The third kappa shape index (κ3) is 7.48. The van der Waals surface area contributed by atoms with E-state index < -0.39 is 19.6 Å². The van der Waals surface area contributed by atoms with Crippen LogP contribution in [0.15, 0.2) is 126 Å². The second-order valence-electron chi connectivity index (χ2n) is 13.9. The Balaban J connectivity index is 0.000000214. The normalized spacial score (nSPS) is 17.2. The molecular weight excluding hydrogens is 815 g/mol. The van der Waals surface area contributed by atoms with Gasteiger partial charge in [0.25, 0.3) is 0 Å². The zero-order valence-electron chi connectivity index (χ0n) is 36.0. The summed E-state index contributed by atoms with van der Waals surface area (Å²) in [5.41, 5.74) is 8.05. The topological polar surface area (TPSA) is 51.8 Å². The molecular formula is C47H41IrN3O-2. The maximum atomic E-state index is 9.06. The maximum absolute atomic E-state index is 9.06. The van der Waals surface area contributed by atoms with E-state index in [-0.39, 0.29) is 31.2 Å². The average Bonchev–Trinajstić information content (AvgIpc) is 3.58. The van der Waals surface area contributed by atoms with Crippen LogP contribution in [-0.4, -0.2) is 15.0 Å². The van der Waals surface area contributed by atoms with E-state index in [2.05, 4.69) is 84.5 Å². The van der Waals surface area contributed by atoms with E-state index >= 15 is 0 Å². The number of pyridine rings is 3. The first-order valence-corrected chi connectivity index (χ1v) is 17.2. The van der Waals surface area contributed by atoms with Gasteiger partial charge in [-0.3, -0.25) is 4.98 Å². The molecule has 0 N–H and O–H groups in total. The Kier molecular flexibility index (Phi) is 7.95.